The number of fused-ring (bicyclic) bond motifs is 1. The molecule has 3 rings (SSSR count). The Morgan fingerprint density at radius 3 is 2.35 bits per heavy atom. The van der Waals surface area contributed by atoms with E-state index in [2.05, 4.69) is 21.0 Å². The van der Waals surface area contributed by atoms with Crippen LogP contribution in [0.4, 0.5) is 13.2 Å². The summed E-state index contributed by atoms with van der Waals surface area (Å²) in [5.74, 6) is 0. The first kappa shape index (κ1) is 13.7. The number of halogens is 4. The normalized spacial score (nSPS) is 15.2. The summed E-state index contributed by atoms with van der Waals surface area (Å²) in [6.45, 7) is 0. The Morgan fingerprint density at radius 2 is 1.70 bits per heavy atom. The minimum Gasteiger partial charge on any atom is -0.237 e. The SMILES string of the molecule is FC(F)(F)c1nn(-c2ccc(Br)cc2)c2c1CCCC2. The Morgan fingerprint density at radius 1 is 1.05 bits per heavy atom. The van der Waals surface area contributed by atoms with E-state index in [1.165, 1.54) is 4.68 Å². The zero-order valence-corrected chi connectivity index (χ0v) is 12.1. The molecule has 0 aliphatic heterocycles. The molecule has 6 heteroatoms. The lowest BCUT2D eigenvalue weighted by Gasteiger charge is -2.14. The van der Waals surface area contributed by atoms with Gasteiger partial charge in [0.1, 0.15) is 0 Å². The van der Waals surface area contributed by atoms with Gasteiger partial charge >= 0.3 is 6.18 Å². The smallest absolute Gasteiger partial charge is 0.237 e. The number of aromatic nitrogens is 2. The van der Waals surface area contributed by atoms with E-state index in [0.29, 0.717) is 29.8 Å². The van der Waals surface area contributed by atoms with Gasteiger partial charge in [0.05, 0.1) is 5.69 Å². The van der Waals surface area contributed by atoms with Gasteiger partial charge < -0.3 is 0 Å². The summed E-state index contributed by atoms with van der Waals surface area (Å²) in [5.41, 5.74) is 1.01. The maximum absolute atomic E-state index is 13.1. The summed E-state index contributed by atoms with van der Waals surface area (Å²) in [7, 11) is 0. The maximum Gasteiger partial charge on any atom is 0.435 e. The largest absolute Gasteiger partial charge is 0.435 e. The average Bonchev–Trinajstić information content (AvgIpc) is 2.79. The van der Waals surface area contributed by atoms with E-state index in [1.807, 2.05) is 0 Å². The van der Waals surface area contributed by atoms with Gasteiger partial charge in [-0.3, -0.25) is 0 Å². The molecule has 2 aromatic rings. The van der Waals surface area contributed by atoms with Gasteiger partial charge in [0.15, 0.2) is 5.69 Å². The fraction of sp³-hybridized carbons (Fsp3) is 0.357. The molecule has 0 radical (unpaired) electrons. The van der Waals surface area contributed by atoms with Crippen LogP contribution in [0.5, 0.6) is 0 Å². The van der Waals surface area contributed by atoms with Crippen molar-refractivity contribution in [2.45, 2.75) is 31.9 Å². The minimum absolute atomic E-state index is 0.367. The average molecular weight is 345 g/mol. The van der Waals surface area contributed by atoms with Crippen LogP contribution in [-0.2, 0) is 19.0 Å². The molecule has 0 N–H and O–H groups in total. The van der Waals surface area contributed by atoms with Crippen LogP contribution in [0.15, 0.2) is 28.7 Å². The van der Waals surface area contributed by atoms with Crippen LogP contribution >= 0.6 is 15.9 Å². The molecule has 1 aliphatic carbocycles. The second-order valence-corrected chi connectivity index (χ2v) is 5.78. The van der Waals surface area contributed by atoms with Crippen molar-refractivity contribution in [3.63, 3.8) is 0 Å². The lowest BCUT2D eigenvalue weighted by Crippen LogP contribution is -2.11. The molecule has 0 bridgehead atoms. The van der Waals surface area contributed by atoms with Crippen molar-refractivity contribution in [1.29, 1.82) is 0 Å². The first-order chi connectivity index (χ1) is 9.47. The Labute approximate surface area is 122 Å². The van der Waals surface area contributed by atoms with Crippen molar-refractivity contribution in [3.05, 3.63) is 45.7 Å². The Kier molecular flexibility index (Phi) is 3.36. The van der Waals surface area contributed by atoms with Gasteiger partial charge in [-0.1, -0.05) is 15.9 Å². The molecule has 0 saturated heterocycles. The number of rotatable bonds is 1. The zero-order chi connectivity index (χ0) is 14.3. The predicted octanol–water partition coefficient (Wildman–Crippen LogP) is 4.53. The second-order valence-electron chi connectivity index (χ2n) is 4.87. The molecule has 0 saturated carbocycles. The predicted molar refractivity (Wildman–Crippen MR) is 72.9 cm³/mol. The summed E-state index contributed by atoms with van der Waals surface area (Å²) in [5, 5.41) is 3.84. The van der Waals surface area contributed by atoms with Gasteiger partial charge in [-0.25, -0.2) is 4.68 Å². The molecule has 20 heavy (non-hydrogen) atoms. The van der Waals surface area contributed by atoms with Crippen LogP contribution in [0, 0.1) is 0 Å². The van der Waals surface area contributed by atoms with Crippen molar-refractivity contribution in [2.24, 2.45) is 0 Å². The van der Waals surface area contributed by atoms with Crippen molar-refractivity contribution < 1.29 is 13.2 Å². The third-order valence-electron chi connectivity index (χ3n) is 3.52. The zero-order valence-electron chi connectivity index (χ0n) is 10.5. The maximum atomic E-state index is 13.1. The van der Waals surface area contributed by atoms with Gasteiger partial charge in [0.25, 0.3) is 0 Å². The topological polar surface area (TPSA) is 17.8 Å². The molecular formula is C14H12BrF3N2. The monoisotopic (exact) mass is 344 g/mol. The van der Waals surface area contributed by atoms with Gasteiger partial charge in [0, 0.05) is 15.7 Å². The van der Waals surface area contributed by atoms with E-state index in [-0.39, 0.29) is 0 Å². The quantitative estimate of drug-likeness (QED) is 0.742. The summed E-state index contributed by atoms with van der Waals surface area (Å²) in [6.07, 6.45) is -1.58. The van der Waals surface area contributed by atoms with E-state index in [4.69, 9.17) is 0 Å². The molecule has 1 aromatic carbocycles. The van der Waals surface area contributed by atoms with E-state index in [1.54, 1.807) is 24.3 Å². The van der Waals surface area contributed by atoms with E-state index >= 15 is 0 Å². The fourth-order valence-corrected chi connectivity index (χ4v) is 2.89. The van der Waals surface area contributed by atoms with E-state index in [9.17, 15) is 13.2 Å². The van der Waals surface area contributed by atoms with Crippen LogP contribution in [0.2, 0.25) is 0 Å². The summed E-state index contributed by atoms with van der Waals surface area (Å²) in [4.78, 5) is 0. The number of hydrogen-bond acceptors (Lipinski definition) is 1. The summed E-state index contributed by atoms with van der Waals surface area (Å²) < 4.78 is 41.6. The van der Waals surface area contributed by atoms with Crippen LogP contribution in [-0.4, -0.2) is 9.78 Å². The van der Waals surface area contributed by atoms with Crippen molar-refractivity contribution in [2.75, 3.05) is 0 Å². The van der Waals surface area contributed by atoms with Crippen molar-refractivity contribution >= 4 is 15.9 Å². The highest BCUT2D eigenvalue weighted by Crippen LogP contribution is 2.36. The van der Waals surface area contributed by atoms with E-state index < -0.39 is 11.9 Å². The number of hydrogen-bond donors (Lipinski definition) is 0. The van der Waals surface area contributed by atoms with Gasteiger partial charge in [-0.2, -0.15) is 18.3 Å². The van der Waals surface area contributed by atoms with Crippen LogP contribution in [0.1, 0.15) is 29.8 Å². The van der Waals surface area contributed by atoms with Crippen LogP contribution in [0.3, 0.4) is 0 Å². The number of alkyl halides is 3. The van der Waals surface area contributed by atoms with Gasteiger partial charge in [-0.05, 0) is 49.9 Å². The first-order valence-electron chi connectivity index (χ1n) is 6.41. The molecule has 1 aromatic heterocycles. The molecule has 0 amide bonds. The highest BCUT2D eigenvalue weighted by Gasteiger charge is 2.39. The molecule has 1 heterocycles. The van der Waals surface area contributed by atoms with Crippen molar-refractivity contribution in [3.8, 4) is 5.69 Å². The van der Waals surface area contributed by atoms with Crippen LogP contribution < -0.4 is 0 Å². The lowest BCUT2D eigenvalue weighted by molar-refractivity contribution is -0.142. The molecule has 0 unspecified atom stereocenters. The highest BCUT2D eigenvalue weighted by molar-refractivity contribution is 9.10. The molecule has 0 spiro atoms. The molecule has 0 atom stereocenters. The Bertz CT molecular complexity index is 629. The molecule has 1 aliphatic rings. The lowest BCUT2D eigenvalue weighted by atomic mass is 9.95. The first-order valence-corrected chi connectivity index (χ1v) is 7.20. The third-order valence-corrected chi connectivity index (χ3v) is 4.05. The molecule has 2 nitrogen and oxygen atoms in total. The minimum atomic E-state index is -4.39. The van der Waals surface area contributed by atoms with Gasteiger partial charge in [-0.15, -0.1) is 0 Å². The fourth-order valence-electron chi connectivity index (χ4n) is 2.62. The molecule has 0 fully saturated rings. The summed E-state index contributed by atoms with van der Waals surface area (Å²) >= 11 is 3.32. The highest BCUT2D eigenvalue weighted by atomic mass is 79.9. The van der Waals surface area contributed by atoms with Gasteiger partial charge in [0.2, 0.25) is 0 Å². The molecular weight excluding hydrogens is 333 g/mol. The Balaban J connectivity index is 2.16. The van der Waals surface area contributed by atoms with E-state index in [0.717, 1.165) is 17.3 Å². The molecule has 106 valence electrons. The van der Waals surface area contributed by atoms with Crippen molar-refractivity contribution in [1.82, 2.24) is 9.78 Å². The standard InChI is InChI=1S/C14H12BrF3N2/c15-9-5-7-10(8-6-9)20-12-4-2-1-3-11(12)13(19-20)14(16,17)18/h5-8H,1-4H2. The van der Waals surface area contributed by atoms with Crippen LogP contribution in [0.25, 0.3) is 5.69 Å². The number of nitrogens with zero attached hydrogens (tertiary/aromatic N) is 2. The number of benzene rings is 1. The third kappa shape index (κ3) is 2.37. The summed E-state index contributed by atoms with van der Waals surface area (Å²) in [6, 6.07) is 7.15. The second kappa shape index (κ2) is 4.91. The Hall–Kier alpha value is -1.30.